The Labute approximate surface area is 112 Å². The molecule has 1 aromatic carbocycles. The SMILES string of the molecule is CC(=O)N/N=C(\C)c1ccc(NC(=O)C2CC2)cc1. The van der Waals surface area contributed by atoms with Gasteiger partial charge in [0, 0.05) is 18.5 Å². The molecule has 0 aromatic heterocycles. The number of carbonyl (C=O) groups excluding carboxylic acids is 2. The van der Waals surface area contributed by atoms with Crippen molar-refractivity contribution in [3.63, 3.8) is 0 Å². The van der Waals surface area contributed by atoms with E-state index >= 15 is 0 Å². The number of nitrogens with zero attached hydrogens (tertiary/aromatic N) is 1. The van der Waals surface area contributed by atoms with Gasteiger partial charge in [0.1, 0.15) is 0 Å². The maximum Gasteiger partial charge on any atom is 0.236 e. The topological polar surface area (TPSA) is 70.6 Å². The zero-order valence-electron chi connectivity index (χ0n) is 11.1. The first-order valence-corrected chi connectivity index (χ1v) is 6.28. The van der Waals surface area contributed by atoms with Crippen molar-refractivity contribution < 1.29 is 9.59 Å². The standard InChI is InChI=1S/C14H17N3O2/c1-9(16-17-10(2)18)11-5-7-13(8-6-11)15-14(19)12-3-4-12/h5-8,12H,3-4H2,1-2H3,(H,15,19)(H,17,18)/b16-9+. The Balaban J connectivity index is 1.99. The van der Waals surface area contributed by atoms with Crippen LogP contribution in [0.15, 0.2) is 29.4 Å². The number of carbonyl (C=O) groups is 2. The molecule has 1 aliphatic carbocycles. The molecule has 0 heterocycles. The van der Waals surface area contributed by atoms with Crippen molar-refractivity contribution in [1.29, 1.82) is 0 Å². The van der Waals surface area contributed by atoms with E-state index in [0.717, 1.165) is 29.8 Å². The summed E-state index contributed by atoms with van der Waals surface area (Å²) in [4.78, 5) is 22.3. The lowest BCUT2D eigenvalue weighted by Gasteiger charge is -2.06. The smallest absolute Gasteiger partial charge is 0.236 e. The number of anilines is 1. The van der Waals surface area contributed by atoms with E-state index in [4.69, 9.17) is 0 Å². The van der Waals surface area contributed by atoms with Gasteiger partial charge in [0.15, 0.2) is 0 Å². The molecule has 0 spiro atoms. The van der Waals surface area contributed by atoms with Crippen molar-refractivity contribution in [2.45, 2.75) is 26.7 Å². The summed E-state index contributed by atoms with van der Waals surface area (Å²) in [6.45, 7) is 3.22. The second kappa shape index (κ2) is 5.65. The van der Waals surface area contributed by atoms with Crippen LogP contribution in [-0.2, 0) is 9.59 Å². The predicted octanol–water partition coefficient (Wildman–Crippen LogP) is 1.90. The van der Waals surface area contributed by atoms with Crippen molar-refractivity contribution in [1.82, 2.24) is 5.43 Å². The van der Waals surface area contributed by atoms with Gasteiger partial charge >= 0.3 is 0 Å². The lowest BCUT2D eigenvalue weighted by molar-refractivity contribution is -0.119. The second-order valence-electron chi connectivity index (χ2n) is 4.71. The van der Waals surface area contributed by atoms with E-state index in [9.17, 15) is 9.59 Å². The molecule has 0 aliphatic heterocycles. The van der Waals surface area contributed by atoms with Gasteiger partial charge in [0.05, 0.1) is 5.71 Å². The molecule has 0 bridgehead atoms. The van der Waals surface area contributed by atoms with Gasteiger partial charge in [0.25, 0.3) is 0 Å². The van der Waals surface area contributed by atoms with E-state index in [2.05, 4.69) is 15.8 Å². The van der Waals surface area contributed by atoms with Crippen LogP contribution in [0.4, 0.5) is 5.69 Å². The maximum atomic E-state index is 11.6. The molecular formula is C14H17N3O2. The third kappa shape index (κ3) is 3.91. The highest BCUT2D eigenvalue weighted by Gasteiger charge is 2.29. The van der Waals surface area contributed by atoms with Crippen LogP contribution in [-0.4, -0.2) is 17.5 Å². The molecule has 100 valence electrons. The molecular weight excluding hydrogens is 242 g/mol. The fraction of sp³-hybridized carbons (Fsp3) is 0.357. The van der Waals surface area contributed by atoms with Gasteiger partial charge in [-0.3, -0.25) is 9.59 Å². The quantitative estimate of drug-likeness (QED) is 0.640. The third-order valence-corrected chi connectivity index (χ3v) is 2.90. The van der Waals surface area contributed by atoms with Crippen LogP contribution >= 0.6 is 0 Å². The molecule has 0 radical (unpaired) electrons. The fourth-order valence-corrected chi connectivity index (χ4v) is 1.61. The first kappa shape index (κ1) is 13.3. The summed E-state index contributed by atoms with van der Waals surface area (Å²) in [5, 5.41) is 6.82. The minimum absolute atomic E-state index is 0.0939. The molecule has 5 nitrogen and oxygen atoms in total. The highest BCUT2D eigenvalue weighted by atomic mass is 16.2. The summed E-state index contributed by atoms with van der Waals surface area (Å²) in [6.07, 6.45) is 1.98. The van der Waals surface area contributed by atoms with E-state index in [1.54, 1.807) is 0 Å². The minimum atomic E-state index is -0.201. The van der Waals surface area contributed by atoms with Gasteiger partial charge in [-0.2, -0.15) is 5.10 Å². The number of nitrogens with one attached hydrogen (secondary N) is 2. The highest BCUT2D eigenvalue weighted by molar-refractivity contribution is 6.00. The van der Waals surface area contributed by atoms with E-state index in [1.807, 2.05) is 31.2 Å². The van der Waals surface area contributed by atoms with E-state index in [-0.39, 0.29) is 17.7 Å². The first-order chi connectivity index (χ1) is 9.06. The number of hydrogen-bond acceptors (Lipinski definition) is 3. The Morgan fingerprint density at radius 3 is 2.32 bits per heavy atom. The predicted molar refractivity (Wildman–Crippen MR) is 73.8 cm³/mol. The lowest BCUT2D eigenvalue weighted by atomic mass is 10.1. The molecule has 2 N–H and O–H groups in total. The van der Waals surface area contributed by atoms with Gasteiger partial charge in [-0.05, 0) is 37.5 Å². The molecule has 1 aromatic rings. The lowest BCUT2D eigenvalue weighted by Crippen LogP contribution is -2.15. The largest absolute Gasteiger partial charge is 0.326 e. The number of hydrazone groups is 1. The van der Waals surface area contributed by atoms with Gasteiger partial charge in [-0.15, -0.1) is 0 Å². The number of amides is 2. The van der Waals surface area contributed by atoms with Gasteiger partial charge < -0.3 is 5.32 Å². The van der Waals surface area contributed by atoms with Crippen LogP contribution in [0.2, 0.25) is 0 Å². The van der Waals surface area contributed by atoms with Crippen molar-refractivity contribution in [2.75, 3.05) is 5.32 Å². The molecule has 1 saturated carbocycles. The fourth-order valence-electron chi connectivity index (χ4n) is 1.61. The van der Waals surface area contributed by atoms with Crippen LogP contribution in [0.25, 0.3) is 0 Å². The third-order valence-electron chi connectivity index (χ3n) is 2.90. The molecule has 0 unspecified atom stereocenters. The van der Waals surface area contributed by atoms with Crippen LogP contribution in [0.1, 0.15) is 32.3 Å². The summed E-state index contributed by atoms with van der Waals surface area (Å²) in [5.74, 6) is 0.0896. The molecule has 1 aliphatic rings. The number of rotatable bonds is 4. The monoisotopic (exact) mass is 259 g/mol. The summed E-state index contributed by atoms with van der Waals surface area (Å²) < 4.78 is 0. The maximum absolute atomic E-state index is 11.6. The summed E-state index contributed by atoms with van der Waals surface area (Å²) in [6, 6.07) is 7.40. The van der Waals surface area contributed by atoms with E-state index < -0.39 is 0 Å². The summed E-state index contributed by atoms with van der Waals surface area (Å²) >= 11 is 0. The summed E-state index contributed by atoms with van der Waals surface area (Å²) in [7, 11) is 0. The molecule has 2 amide bonds. The number of benzene rings is 1. The van der Waals surface area contributed by atoms with Crippen molar-refractivity contribution in [3.8, 4) is 0 Å². The van der Waals surface area contributed by atoms with Crippen LogP contribution < -0.4 is 10.7 Å². The average Bonchev–Trinajstić information content (AvgIpc) is 3.21. The Kier molecular flexibility index (Phi) is 3.94. The summed E-state index contributed by atoms with van der Waals surface area (Å²) in [5.41, 5.74) is 4.80. The first-order valence-electron chi connectivity index (χ1n) is 6.28. The zero-order valence-corrected chi connectivity index (χ0v) is 11.1. The van der Waals surface area contributed by atoms with Gasteiger partial charge in [0.2, 0.25) is 11.8 Å². The van der Waals surface area contributed by atoms with E-state index in [1.165, 1.54) is 6.92 Å². The average molecular weight is 259 g/mol. The Bertz CT molecular complexity index is 516. The Hall–Kier alpha value is -2.17. The van der Waals surface area contributed by atoms with Crippen LogP contribution in [0.5, 0.6) is 0 Å². The van der Waals surface area contributed by atoms with Crippen molar-refractivity contribution in [3.05, 3.63) is 29.8 Å². The van der Waals surface area contributed by atoms with E-state index in [0.29, 0.717) is 0 Å². The van der Waals surface area contributed by atoms with Crippen LogP contribution in [0.3, 0.4) is 0 Å². The molecule has 5 heteroatoms. The molecule has 0 saturated heterocycles. The Morgan fingerprint density at radius 2 is 1.79 bits per heavy atom. The second-order valence-corrected chi connectivity index (χ2v) is 4.71. The minimum Gasteiger partial charge on any atom is -0.326 e. The molecule has 2 rings (SSSR count). The Morgan fingerprint density at radius 1 is 1.16 bits per heavy atom. The van der Waals surface area contributed by atoms with Crippen molar-refractivity contribution in [2.24, 2.45) is 11.0 Å². The molecule has 19 heavy (non-hydrogen) atoms. The zero-order chi connectivity index (χ0) is 13.8. The number of hydrogen-bond donors (Lipinski definition) is 2. The molecule has 1 fully saturated rings. The van der Waals surface area contributed by atoms with Crippen LogP contribution in [0, 0.1) is 5.92 Å². The normalized spacial score (nSPS) is 14.9. The van der Waals surface area contributed by atoms with Gasteiger partial charge in [-0.1, -0.05) is 12.1 Å². The van der Waals surface area contributed by atoms with Crippen molar-refractivity contribution >= 4 is 23.2 Å². The van der Waals surface area contributed by atoms with Gasteiger partial charge in [-0.25, -0.2) is 5.43 Å². The molecule has 0 atom stereocenters. The highest BCUT2D eigenvalue weighted by Crippen LogP contribution is 2.30.